The van der Waals surface area contributed by atoms with E-state index < -0.39 is 17.4 Å². The van der Waals surface area contributed by atoms with Crippen molar-refractivity contribution in [1.82, 2.24) is 5.32 Å². The quantitative estimate of drug-likeness (QED) is 0.657. The highest BCUT2D eigenvalue weighted by atomic mass is 16.4. The predicted molar refractivity (Wildman–Crippen MR) is 110 cm³/mol. The molecule has 3 fully saturated rings. The lowest BCUT2D eigenvalue weighted by Gasteiger charge is -2.58. The lowest BCUT2D eigenvalue weighted by molar-refractivity contribution is -0.149. The number of aliphatic carboxylic acids is 1. The molecule has 0 aliphatic heterocycles. The first-order chi connectivity index (χ1) is 13.1. The third-order valence-corrected chi connectivity index (χ3v) is 8.89. The molecule has 156 valence electrons. The van der Waals surface area contributed by atoms with Crippen LogP contribution in [-0.2, 0) is 9.59 Å². The minimum absolute atomic E-state index is 0.0313. The van der Waals surface area contributed by atoms with Gasteiger partial charge in [-0.25, -0.2) is 4.79 Å². The SMILES string of the molecule is CC(C)C[C@H](NC(=O)[C@]1(C)CCC[C@@]2(C)C3=CCC[C@H]4CC34CCC12)C(=O)O. The first-order valence-corrected chi connectivity index (χ1v) is 11.4. The fourth-order valence-corrected chi connectivity index (χ4v) is 7.49. The monoisotopic (exact) mass is 387 g/mol. The highest BCUT2D eigenvalue weighted by Crippen LogP contribution is 2.75. The zero-order chi connectivity index (χ0) is 20.3. The fraction of sp³-hybridized carbons (Fsp3) is 0.833. The van der Waals surface area contributed by atoms with Crippen molar-refractivity contribution in [2.75, 3.05) is 0 Å². The number of allylic oxidation sites excluding steroid dienone is 2. The number of amides is 1. The van der Waals surface area contributed by atoms with Gasteiger partial charge < -0.3 is 10.4 Å². The predicted octanol–water partition coefficient (Wildman–Crippen LogP) is 4.93. The van der Waals surface area contributed by atoms with Crippen LogP contribution in [0.15, 0.2) is 11.6 Å². The Morgan fingerprint density at radius 2 is 1.96 bits per heavy atom. The Labute approximate surface area is 169 Å². The van der Waals surface area contributed by atoms with Crippen molar-refractivity contribution in [3.05, 3.63) is 11.6 Å². The number of carboxylic acid groups (broad SMARTS) is 1. The van der Waals surface area contributed by atoms with Crippen molar-refractivity contribution < 1.29 is 14.7 Å². The van der Waals surface area contributed by atoms with Gasteiger partial charge in [0.15, 0.2) is 0 Å². The number of carbonyl (C=O) groups is 2. The maximum atomic E-state index is 13.5. The zero-order valence-electron chi connectivity index (χ0n) is 18.0. The van der Waals surface area contributed by atoms with E-state index in [-0.39, 0.29) is 17.2 Å². The number of carbonyl (C=O) groups excluding carboxylic acids is 1. The average Bonchev–Trinajstić information content (AvgIpc) is 3.33. The summed E-state index contributed by atoms with van der Waals surface area (Å²) in [4.78, 5) is 25.2. The van der Waals surface area contributed by atoms with Crippen molar-refractivity contribution in [3.63, 3.8) is 0 Å². The molecule has 0 heterocycles. The molecule has 4 aliphatic carbocycles. The lowest BCUT2D eigenvalue weighted by atomic mass is 9.46. The number of carboxylic acids is 1. The maximum Gasteiger partial charge on any atom is 0.326 e. The van der Waals surface area contributed by atoms with Crippen LogP contribution in [-0.4, -0.2) is 23.0 Å². The highest BCUT2D eigenvalue weighted by molar-refractivity contribution is 5.87. The van der Waals surface area contributed by atoms with Crippen molar-refractivity contribution in [2.24, 2.45) is 34.0 Å². The van der Waals surface area contributed by atoms with Crippen LogP contribution in [0.4, 0.5) is 0 Å². The summed E-state index contributed by atoms with van der Waals surface area (Å²) in [6.45, 7) is 8.54. The first kappa shape index (κ1) is 20.0. The number of hydrogen-bond donors (Lipinski definition) is 2. The molecule has 0 aromatic heterocycles. The van der Waals surface area contributed by atoms with Crippen LogP contribution in [0.2, 0.25) is 0 Å². The molecule has 1 amide bonds. The summed E-state index contributed by atoms with van der Waals surface area (Å²) >= 11 is 0. The molecule has 3 saturated carbocycles. The molecule has 2 unspecified atom stereocenters. The molecule has 0 aromatic carbocycles. The molecule has 4 aliphatic rings. The van der Waals surface area contributed by atoms with E-state index in [1.54, 1.807) is 5.57 Å². The van der Waals surface area contributed by atoms with Gasteiger partial charge in [0.2, 0.25) is 5.91 Å². The van der Waals surface area contributed by atoms with Crippen LogP contribution in [0.3, 0.4) is 0 Å². The topological polar surface area (TPSA) is 66.4 Å². The minimum atomic E-state index is -0.914. The summed E-state index contributed by atoms with van der Waals surface area (Å²) < 4.78 is 0. The average molecular weight is 388 g/mol. The van der Waals surface area contributed by atoms with Gasteiger partial charge in [0.25, 0.3) is 0 Å². The van der Waals surface area contributed by atoms with E-state index in [4.69, 9.17) is 0 Å². The van der Waals surface area contributed by atoms with Crippen molar-refractivity contribution in [1.29, 1.82) is 0 Å². The molecule has 2 N–H and O–H groups in total. The van der Waals surface area contributed by atoms with Gasteiger partial charge >= 0.3 is 5.97 Å². The van der Waals surface area contributed by atoms with Gasteiger partial charge in [-0.1, -0.05) is 45.8 Å². The van der Waals surface area contributed by atoms with Crippen LogP contribution in [0.5, 0.6) is 0 Å². The second-order valence-corrected chi connectivity index (χ2v) is 11.0. The standard InChI is InChI=1S/C24H37NO3/c1-15(2)13-17(20(26)27)25-21(28)23(4)11-6-10-22(3)18(23)9-12-24-14-16(24)7-5-8-19(22)24/h8,15-18H,5-7,9-14H2,1-4H3,(H,25,28)(H,26,27)/t16-,17-,18?,22+,23+,24?/m0/s1. The number of nitrogens with one attached hydrogen (secondary N) is 1. The summed E-state index contributed by atoms with van der Waals surface area (Å²) in [5.41, 5.74) is 1.76. The molecule has 0 bridgehead atoms. The van der Waals surface area contributed by atoms with E-state index >= 15 is 0 Å². The third-order valence-electron chi connectivity index (χ3n) is 8.89. The molecule has 4 nitrogen and oxygen atoms in total. The Bertz CT molecular complexity index is 713. The van der Waals surface area contributed by atoms with Crippen LogP contribution in [0.1, 0.15) is 85.5 Å². The van der Waals surface area contributed by atoms with Gasteiger partial charge in [0.1, 0.15) is 6.04 Å². The van der Waals surface area contributed by atoms with Gasteiger partial charge in [-0.3, -0.25) is 4.79 Å². The first-order valence-electron chi connectivity index (χ1n) is 11.4. The maximum absolute atomic E-state index is 13.5. The van der Waals surface area contributed by atoms with E-state index in [0.717, 1.165) is 25.2 Å². The zero-order valence-corrected chi connectivity index (χ0v) is 18.0. The highest BCUT2D eigenvalue weighted by Gasteiger charge is 2.67. The van der Waals surface area contributed by atoms with Crippen LogP contribution in [0.25, 0.3) is 0 Å². The van der Waals surface area contributed by atoms with Gasteiger partial charge in [0.05, 0.1) is 5.41 Å². The Morgan fingerprint density at radius 1 is 1.21 bits per heavy atom. The molecule has 28 heavy (non-hydrogen) atoms. The molecular weight excluding hydrogens is 350 g/mol. The molecule has 4 heteroatoms. The van der Waals surface area contributed by atoms with Crippen molar-refractivity contribution in [3.8, 4) is 0 Å². The summed E-state index contributed by atoms with van der Waals surface area (Å²) in [6, 6.07) is -0.783. The number of rotatable bonds is 5. The van der Waals surface area contributed by atoms with E-state index in [9.17, 15) is 14.7 Å². The van der Waals surface area contributed by atoms with E-state index in [0.29, 0.717) is 17.8 Å². The Kier molecular flexibility index (Phi) is 4.71. The normalized spacial score (nSPS) is 42.5. The van der Waals surface area contributed by atoms with Crippen LogP contribution >= 0.6 is 0 Å². The molecule has 4 rings (SSSR count). The van der Waals surface area contributed by atoms with Crippen LogP contribution < -0.4 is 5.32 Å². The van der Waals surface area contributed by atoms with Crippen molar-refractivity contribution in [2.45, 2.75) is 91.5 Å². The summed E-state index contributed by atoms with van der Waals surface area (Å²) in [5, 5.41) is 12.5. The molecule has 6 atom stereocenters. The summed E-state index contributed by atoms with van der Waals surface area (Å²) in [6.07, 6.45) is 12.3. The smallest absolute Gasteiger partial charge is 0.326 e. The van der Waals surface area contributed by atoms with Gasteiger partial charge in [-0.05, 0) is 80.0 Å². The summed E-state index contributed by atoms with van der Waals surface area (Å²) in [7, 11) is 0. The minimum Gasteiger partial charge on any atom is -0.480 e. The second-order valence-electron chi connectivity index (χ2n) is 11.0. The lowest BCUT2D eigenvalue weighted by Crippen LogP contribution is -2.57. The van der Waals surface area contributed by atoms with E-state index in [2.05, 4.69) is 25.2 Å². The Balaban J connectivity index is 1.60. The molecular formula is C24H37NO3. The Hall–Kier alpha value is -1.32. The second kappa shape index (κ2) is 6.60. The third kappa shape index (κ3) is 2.85. The summed E-state index contributed by atoms with van der Waals surface area (Å²) in [5.74, 6) is 0.492. The fourth-order valence-electron chi connectivity index (χ4n) is 7.49. The van der Waals surface area contributed by atoms with E-state index in [1.807, 2.05) is 13.8 Å². The Morgan fingerprint density at radius 3 is 2.64 bits per heavy atom. The molecule has 0 aromatic rings. The number of hydrogen-bond acceptors (Lipinski definition) is 2. The van der Waals surface area contributed by atoms with Gasteiger partial charge in [0, 0.05) is 0 Å². The molecule has 0 saturated heterocycles. The number of fused-ring (bicyclic) bond motifs is 2. The molecule has 1 spiro atoms. The van der Waals surface area contributed by atoms with Crippen LogP contribution in [0, 0.1) is 34.0 Å². The van der Waals surface area contributed by atoms with Gasteiger partial charge in [-0.2, -0.15) is 0 Å². The van der Waals surface area contributed by atoms with Crippen molar-refractivity contribution >= 4 is 11.9 Å². The molecule has 0 radical (unpaired) electrons. The largest absolute Gasteiger partial charge is 0.480 e. The van der Waals surface area contributed by atoms with E-state index in [1.165, 1.54) is 32.1 Å². The van der Waals surface area contributed by atoms with Gasteiger partial charge in [-0.15, -0.1) is 0 Å².